The van der Waals surface area contributed by atoms with Gasteiger partial charge in [-0.1, -0.05) is 27.2 Å². The molecular weight excluding hydrogens is 418 g/mol. The van der Waals surface area contributed by atoms with Gasteiger partial charge in [0.15, 0.2) is 5.78 Å². The van der Waals surface area contributed by atoms with Crippen molar-refractivity contribution in [3.8, 4) is 6.07 Å². The van der Waals surface area contributed by atoms with Crippen LogP contribution in [0, 0.1) is 75.9 Å². The van der Waals surface area contributed by atoms with Gasteiger partial charge in [0.05, 0.1) is 17.8 Å². The van der Waals surface area contributed by atoms with Crippen molar-refractivity contribution in [2.24, 2.45) is 64.6 Å². The van der Waals surface area contributed by atoms with E-state index in [9.17, 15) is 10.1 Å². The van der Waals surface area contributed by atoms with Crippen LogP contribution in [0.15, 0.2) is 6.20 Å². The summed E-state index contributed by atoms with van der Waals surface area (Å²) in [6.07, 6.45) is 14.0. The van der Waals surface area contributed by atoms with Crippen molar-refractivity contribution in [2.75, 3.05) is 0 Å². The molecule has 6 aliphatic carbocycles. The minimum Gasteiger partial charge on any atom is -0.297 e. The average molecular weight is 460 g/mol. The van der Waals surface area contributed by atoms with Crippen molar-refractivity contribution in [3.05, 3.63) is 17.5 Å². The van der Waals surface area contributed by atoms with Crippen LogP contribution in [-0.2, 0) is 11.3 Å². The van der Waals surface area contributed by atoms with Gasteiger partial charge in [0.25, 0.3) is 0 Å². The second-order valence-electron chi connectivity index (χ2n) is 13.8. The molecule has 6 fully saturated rings. The summed E-state index contributed by atoms with van der Waals surface area (Å²) in [4.78, 5) is 13.9. The molecule has 0 N–H and O–H groups in total. The smallest absolute Gasteiger partial charge is 0.158 e. The molecule has 0 radical (unpaired) electrons. The van der Waals surface area contributed by atoms with Crippen LogP contribution in [0.3, 0.4) is 0 Å². The molecule has 4 nitrogen and oxygen atoms in total. The maximum Gasteiger partial charge on any atom is 0.158 e. The molecular formula is C30H41N3O. The molecule has 34 heavy (non-hydrogen) atoms. The SMILES string of the molecule is C[C@H]1CC[C@H]2[C@H](CC[C@H]3C4[C@@H]5[C@H](C)[C@@H]5[C@H](C(=O)Cn5cc(C#N)c(C6CC6)n5)[C@@]4(C)CC[C@H]23)C1. The lowest BCUT2D eigenvalue weighted by Gasteiger charge is -2.57. The Labute approximate surface area is 204 Å². The lowest BCUT2D eigenvalue weighted by atomic mass is 9.47. The first-order chi connectivity index (χ1) is 16.4. The van der Waals surface area contributed by atoms with E-state index in [1.54, 1.807) is 0 Å². The van der Waals surface area contributed by atoms with Crippen LogP contribution in [0.4, 0.5) is 0 Å². The van der Waals surface area contributed by atoms with E-state index >= 15 is 0 Å². The molecule has 1 heterocycles. The molecule has 0 bridgehead atoms. The van der Waals surface area contributed by atoms with Gasteiger partial charge in [-0.05, 0) is 110 Å². The van der Waals surface area contributed by atoms with E-state index in [2.05, 4.69) is 26.8 Å². The van der Waals surface area contributed by atoms with Crippen molar-refractivity contribution < 1.29 is 4.79 Å². The Morgan fingerprint density at radius 1 is 1.09 bits per heavy atom. The molecule has 6 aliphatic rings. The molecule has 1 aromatic heterocycles. The molecule has 1 unspecified atom stereocenters. The second-order valence-corrected chi connectivity index (χ2v) is 13.8. The summed E-state index contributed by atoms with van der Waals surface area (Å²) in [6, 6.07) is 2.32. The number of ketones is 1. The molecule has 1 aromatic rings. The molecule has 4 heteroatoms. The van der Waals surface area contributed by atoms with Crippen molar-refractivity contribution in [1.29, 1.82) is 5.26 Å². The van der Waals surface area contributed by atoms with E-state index in [1.165, 1.54) is 44.9 Å². The van der Waals surface area contributed by atoms with E-state index in [1.807, 2.05) is 10.9 Å². The summed E-state index contributed by atoms with van der Waals surface area (Å²) in [5.74, 6) is 8.55. The van der Waals surface area contributed by atoms with E-state index in [0.717, 1.165) is 60.0 Å². The summed E-state index contributed by atoms with van der Waals surface area (Å²) in [7, 11) is 0. The highest BCUT2D eigenvalue weighted by Crippen LogP contribution is 2.76. The van der Waals surface area contributed by atoms with Crippen LogP contribution >= 0.6 is 0 Å². The molecule has 0 aliphatic heterocycles. The van der Waals surface area contributed by atoms with Crippen LogP contribution in [0.1, 0.15) is 95.7 Å². The fourth-order valence-corrected chi connectivity index (χ4v) is 10.6. The van der Waals surface area contributed by atoms with Gasteiger partial charge in [0.2, 0.25) is 0 Å². The highest BCUT2D eigenvalue weighted by molar-refractivity contribution is 5.83. The van der Waals surface area contributed by atoms with Gasteiger partial charge in [-0.15, -0.1) is 0 Å². The van der Waals surface area contributed by atoms with Gasteiger partial charge >= 0.3 is 0 Å². The Kier molecular flexibility index (Phi) is 4.73. The van der Waals surface area contributed by atoms with Gasteiger partial charge in [-0.3, -0.25) is 9.48 Å². The van der Waals surface area contributed by atoms with Crippen LogP contribution in [-0.4, -0.2) is 15.6 Å². The van der Waals surface area contributed by atoms with Gasteiger partial charge < -0.3 is 0 Å². The number of fused-ring (bicyclic) bond motifs is 7. The second kappa shape index (κ2) is 7.44. The minimum absolute atomic E-state index is 0.180. The molecule has 182 valence electrons. The first kappa shape index (κ1) is 21.6. The van der Waals surface area contributed by atoms with Crippen LogP contribution in [0.25, 0.3) is 0 Å². The Hall–Kier alpha value is -1.63. The third kappa shape index (κ3) is 3.00. The number of hydrogen-bond donors (Lipinski definition) is 0. The Bertz CT molecular complexity index is 1050. The third-order valence-corrected chi connectivity index (χ3v) is 12.1. The average Bonchev–Trinajstić information content (AvgIpc) is 3.69. The van der Waals surface area contributed by atoms with Gasteiger partial charge in [-0.2, -0.15) is 10.4 Å². The number of rotatable bonds is 4. The zero-order valence-electron chi connectivity index (χ0n) is 21.2. The number of carbonyl (C=O) groups is 1. The van der Waals surface area contributed by atoms with Crippen LogP contribution in [0.5, 0.6) is 0 Å². The summed E-state index contributed by atoms with van der Waals surface area (Å²) >= 11 is 0. The first-order valence-electron chi connectivity index (χ1n) is 14.4. The van der Waals surface area contributed by atoms with Crippen LogP contribution in [0.2, 0.25) is 0 Å². The lowest BCUT2D eigenvalue weighted by molar-refractivity contribution is -0.135. The topological polar surface area (TPSA) is 58.7 Å². The van der Waals surface area contributed by atoms with E-state index in [0.29, 0.717) is 35.6 Å². The number of hydrogen-bond acceptors (Lipinski definition) is 3. The van der Waals surface area contributed by atoms with Crippen molar-refractivity contribution in [2.45, 2.75) is 91.0 Å². The zero-order valence-corrected chi connectivity index (χ0v) is 21.2. The van der Waals surface area contributed by atoms with E-state index in [4.69, 9.17) is 5.10 Å². The maximum absolute atomic E-state index is 13.9. The van der Waals surface area contributed by atoms with Gasteiger partial charge in [-0.25, -0.2) is 0 Å². The molecule has 0 spiro atoms. The van der Waals surface area contributed by atoms with Gasteiger partial charge in [0, 0.05) is 18.0 Å². The number of nitrogens with zero attached hydrogens (tertiary/aromatic N) is 3. The Balaban J connectivity index is 1.14. The molecule has 11 atom stereocenters. The minimum atomic E-state index is 0.180. The fourth-order valence-electron chi connectivity index (χ4n) is 10.6. The molecule has 7 rings (SSSR count). The van der Waals surface area contributed by atoms with E-state index < -0.39 is 0 Å². The van der Waals surface area contributed by atoms with E-state index in [-0.39, 0.29) is 11.3 Å². The molecule has 0 aromatic carbocycles. The normalized spacial score (nSPS) is 48.8. The monoisotopic (exact) mass is 459 g/mol. The van der Waals surface area contributed by atoms with Crippen molar-refractivity contribution in [1.82, 2.24) is 9.78 Å². The Morgan fingerprint density at radius 2 is 1.88 bits per heavy atom. The highest BCUT2D eigenvalue weighted by Gasteiger charge is 2.73. The number of nitriles is 1. The maximum atomic E-state index is 13.9. The number of aromatic nitrogens is 2. The lowest BCUT2D eigenvalue weighted by Crippen LogP contribution is -2.51. The number of carbonyl (C=O) groups excluding carboxylic acids is 1. The standard InChI is InChI=1S/C30H41N3O/c1-16-4-8-21-19(12-16)7-9-23-22(21)10-11-30(3)27(23)25-17(2)26(25)28(30)24(34)15-33-14-20(13-31)29(32-33)18-5-6-18/h14,16-19,21-23,25-28H,4-12,15H2,1-3H3/t16-,17-,19+,21-,22+,23+,25+,26-,27?,28-,30-/m0/s1. The highest BCUT2D eigenvalue weighted by atomic mass is 16.1. The molecule has 0 saturated heterocycles. The predicted molar refractivity (Wildman–Crippen MR) is 131 cm³/mol. The van der Waals surface area contributed by atoms with Crippen molar-refractivity contribution in [3.63, 3.8) is 0 Å². The summed E-state index contributed by atoms with van der Waals surface area (Å²) < 4.78 is 1.81. The Morgan fingerprint density at radius 3 is 2.65 bits per heavy atom. The van der Waals surface area contributed by atoms with Crippen LogP contribution < -0.4 is 0 Å². The zero-order chi connectivity index (χ0) is 23.4. The van der Waals surface area contributed by atoms with Gasteiger partial charge in [0.1, 0.15) is 6.07 Å². The molecule has 0 amide bonds. The first-order valence-corrected chi connectivity index (χ1v) is 14.4. The summed E-state index contributed by atoms with van der Waals surface area (Å²) in [5, 5.41) is 14.3. The fraction of sp³-hybridized carbons (Fsp3) is 0.833. The summed E-state index contributed by atoms with van der Waals surface area (Å²) in [5.41, 5.74) is 1.80. The summed E-state index contributed by atoms with van der Waals surface area (Å²) in [6.45, 7) is 7.76. The molecule has 6 saturated carbocycles. The van der Waals surface area contributed by atoms with Crippen molar-refractivity contribution >= 4 is 5.78 Å². The quantitative estimate of drug-likeness (QED) is 0.538. The largest absolute Gasteiger partial charge is 0.297 e. The third-order valence-electron chi connectivity index (χ3n) is 12.1. The predicted octanol–water partition coefficient (Wildman–Crippen LogP) is 6.21. The number of Topliss-reactive ketones (excluding diaryl/α,β-unsaturated/α-hetero) is 1.